The van der Waals surface area contributed by atoms with E-state index in [4.69, 9.17) is 0 Å². The van der Waals surface area contributed by atoms with Crippen molar-refractivity contribution in [3.63, 3.8) is 0 Å². The fourth-order valence-electron chi connectivity index (χ4n) is 3.47. The molecular weight excluding hydrogens is 401 g/mol. The van der Waals surface area contributed by atoms with Crippen molar-refractivity contribution in [3.05, 3.63) is 53.2 Å². The Morgan fingerprint density at radius 1 is 1.23 bits per heavy atom. The van der Waals surface area contributed by atoms with Crippen LogP contribution in [-0.4, -0.2) is 50.6 Å². The van der Waals surface area contributed by atoms with Gasteiger partial charge in [0.05, 0.1) is 18.0 Å². The first-order chi connectivity index (χ1) is 14.6. The van der Waals surface area contributed by atoms with Crippen LogP contribution in [-0.2, 0) is 11.2 Å². The van der Waals surface area contributed by atoms with Gasteiger partial charge in [0.25, 0.3) is 0 Å². The SMILES string of the molecule is CCNC(=NCCNC(=O)Cc1cccc(F)c1)NC1CCN(c2cccs2)CC1. The van der Waals surface area contributed by atoms with Crippen molar-refractivity contribution >= 4 is 28.2 Å². The fourth-order valence-corrected chi connectivity index (χ4v) is 4.25. The van der Waals surface area contributed by atoms with Crippen molar-refractivity contribution in [2.24, 2.45) is 4.99 Å². The second-order valence-electron chi connectivity index (χ2n) is 7.27. The third kappa shape index (κ3) is 7.02. The number of carbonyl (C=O) groups excluding carboxylic acids is 1. The first-order valence-electron chi connectivity index (χ1n) is 10.5. The van der Waals surface area contributed by atoms with Gasteiger partial charge in [0.15, 0.2) is 5.96 Å². The zero-order chi connectivity index (χ0) is 21.2. The molecule has 1 aliphatic heterocycles. The lowest BCUT2D eigenvalue weighted by atomic mass is 10.1. The molecule has 0 atom stereocenters. The van der Waals surface area contributed by atoms with Crippen LogP contribution < -0.4 is 20.9 Å². The van der Waals surface area contributed by atoms with Gasteiger partial charge in [-0.3, -0.25) is 9.79 Å². The minimum atomic E-state index is -0.326. The van der Waals surface area contributed by atoms with Crippen LogP contribution in [0.2, 0.25) is 0 Å². The number of thiophene rings is 1. The van der Waals surface area contributed by atoms with Gasteiger partial charge in [-0.15, -0.1) is 11.3 Å². The van der Waals surface area contributed by atoms with Crippen LogP contribution in [0, 0.1) is 5.82 Å². The number of benzene rings is 1. The third-order valence-electron chi connectivity index (χ3n) is 4.96. The van der Waals surface area contributed by atoms with Gasteiger partial charge in [0, 0.05) is 32.2 Å². The fraction of sp³-hybridized carbons (Fsp3) is 0.455. The number of hydrogen-bond donors (Lipinski definition) is 3. The summed E-state index contributed by atoms with van der Waals surface area (Å²) in [4.78, 5) is 19.0. The van der Waals surface area contributed by atoms with Crippen molar-refractivity contribution in [3.8, 4) is 0 Å². The van der Waals surface area contributed by atoms with Crippen molar-refractivity contribution in [2.45, 2.75) is 32.2 Å². The molecule has 3 N–H and O–H groups in total. The zero-order valence-electron chi connectivity index (χ0n) is 17.4. The van der Waals surface area contributed by atoms with Gasteiger partial charge >= 0.3 is 0 Å². The number of hydrogen-bond acceptors (Lipinski definition) is 4. The minimum absolute atomic E-state index is 0.130. The molecule has 30 heavy (non-hydrogen) atoms. The number of halogens is 1. The number of nitrogens with zero attached hydrogens (tertiary/aromatic N) is 2. The molecule has 2 aromatic rings. The summed E-state index contributed by atoms with van der Waals surface area (Å²) in [6.45, 7) is 5.82. The monoisotopic (exact) mass is 431 g/mol. The summed E-state index contributed by atoms with van der Waals surface area (Å²) in [5.41, 5.74) is 0.667. The van der Waals surface area contributed by atoms with Gasteiger partial charge in [-0.2, -0.15) is 0 Å². The molecule has 0 radical (unpaired) electrons. The lowest BCUT2D eigenvalue weighted by Gasteiger charge is -2.33. The number of piperidine rings is 1. The highest BCUT2D eigenvalue weighted by Gasteiger charge is 2.20. The summed E-state index contributed by atoms with van der Waals surface area (Å²) in [7, 11) is 0. The maximum Gasteiger partial charge on any atom is 0.224 e. The van der Waals surface area contributed by atoms with Gasteiger partial charge in [0.1, 0.15) is 5.82 Å². The topological polar surface area (TPSA) is 68.8 Å². The molecule has 6 nitrogen and oxygen atoms in total. The van der Waals surface area contributed by atoms with Crippen LogP contribution in [0.15, 0.2) is 46.8 Å². The van der Waals surface area contributed by atoms with Gasteiger partial charge in [-0.25, -0.2) is 4.39 Å². The maximum absolute atomic E-state index is 13.2. The van der Waals surface area contributed by atoms with E-state index in [1.807, 2.05) is 6.92 Å². The molecule has 8 heteroatoms. The first-order valence-corrected chi connectivity index (χ1v) is 11.4. The number of guanidine groups is 1. The third-order valence-corrected chi connectivity index (χ3v) is 5.88. The molecule has 1 aromatic carbocycles. The molecule has 0 spiro atoms. The van der Waals surface area contributed by atoms with Crippen molar-refractivity contribution < 1.29 is 9.18 Å². The maximum atomic E-state index is 13.2. The van der Waals surface area contributed by atoms with E-state index in [2.05, 4.69) is 43.4 Å². The van der Waals surface area contributed by atoms with E-state index in [0.717, 1.165) is 38.4 Å². The zero-order valence-corrected chi connectivity index (χ0v) is 18.2. The van der Waals surface area contributed by atoms with Crippen LogP contribution in [0.5, 0.6) is 0 Å². The summed E-state index contributed by atoms with van der Waals surface area (Å²) in [5.74, 6) is 0.327. The number of amides is 1. The highest BCUT2D eigenvalue weighted by Crippen LogP contribution is 2.24. The molecular formula is C22H30FN5OS. The number of aliphatic imine (C=N–C) groups is 1. The predicted octanol–water partition coefficient (Wildman–Crippen LogP) is 2.77. The molecule has 1 fully saturated rings. The van der Waals surface area contributed by atoms with Gasteiger partial charge in [-0.1, -0.05) is 12.1 Å². The van der Waals surface area contributed by atoms with Crippen molar-refractivity contribution in [1.29, 1.82) is 0 Å². The second kappa shape index (κ2) is 11.5. The number of carbonyl (C=O) groups is 1. The molecule has 1 amide bonds. The smallest absolute Gasteiger partial charge is 0.224 e. The van der Waals surface area contributed by atoms with Gasteiger partial charge in [-0.05, 0) is 55.0 Å². The molecule has 1 aromatic heterocycles. The first kappa shape index (κ1) is 22.1. The minimum Gasteiger partial charge on any atom is -0.363 e. The number of anilines is 1. The highest BCUT2D eigenvalue weighted by atomic mass is 32.1. The summed E-state index contributed by atoms with van der Waals surface area (Å²) < 4.78 is 13.2. The van der Waals surface area contributed by atoms with E-state index in [0.29, 0.717) is 24.7 Å². The highest BCUT2D eigenvalue weighted by molar-refractivity contribution is 7.14. The summed E-state index contributed by atoms with van der Waals surface area (Å²) in [6.07, 6.45) is 2.29. The average molecular weight is 432 g/mol. The largest absolute Gasteiger partial charge is 0.363 e. The van der Waals surface area contributed by atoms with Crippen LogP contribution in [0.25, 0.3) is 0 Å². The summed E-state index contributed by atoms with van der Waals surface area (Å²) in [5, 5.41) is 13.1. The Morgan fingerprint density at radius 2 is 2.07 bits per heavy atom. The number of nitrogens with one attached hydrogen (secondary N) is 3. The van der Waals surface area contributed by atoms with E-state index < -0.39 is 0 Å². The lowest BCUT2D eigenvalue weighted by Crippen LogP contribution is -2.48. The molecule has 2 heterocycles. The summed E-state index contributed by atoms with van der Waals surface area (Å²) in [6, 6.07) is 10.8. The Bertz CT molecular complexity index is 819. The lowest BCUT2D eigenvalue weighted by molar-refractivity contribution is -0.120. The van der Waals surface area contributed by atoms with Crippen LogP contribution in [0.1, 0.15) is 25.3 Å². The molecule has 0 saturated carbocycles. The second-order valence-corrected chi connectivity index (χ2v) is 8.20. The molecule has 162 valence electrons. The Balaban J connectivity index is 1.39. The molecule has 3 rings (SSSR count). The Morgan fingerprint density at radius 3 is 2.77 bits per heavy atom. The van der Waals surface area contributed by atoms with Gasteiger partial charge in [0.2, 0.25) is 5.91 Å². The average Bonchev–Trinajstić information content (AvgIpc) is 3.27. The van der Waals surface area contributed by atoms with Crippen LogP contribution >= 0.6 is 11.3 Å². The number of rotatable bonds is 8. The summed E-state index contributed by atoms with van der Waals surface area (Å²) >= 11 is 1.79. The van der Waals surface area contributed by atoms with E-state index in [-0.39, 0.29) is 18.1 Å². The molecule has 0 bridgehead atoms. The Kier molecular flexibility index (Phi) is 8.50. The quantitative estimate of drug-likeness (QED) is 0.342. The predicted molar refractivity (Wildman–Crippen MR) is 122 cm³/mol. The standard InChI is InChI=1S/C22H30FN5OS/c1-2-24-22(27-19-8-12-28(13-9-19)21-7-4-14-30-21)26-11-10-25-20(29)16-17-5-3-6-18(23)15-17/h3-7,14-15,19H,2,8-13,16H2,1H3,(H,25,29)(H2,24,26,27). The molecule has 1 saturated heterocycles. The van der Waals surface area contributed by atoms with Crippen molar-refractivity contribution in [2.75, 3.05) is 37.6 Å². The Labute approximate surface area is 181 Å². The Hall–Kier alpha value is -2.61. The molecule has 1 aliphatic rings. The van der Waals surface area contributed by atoms with E-state index in [9.17, 15) is 9.18 Å². The normalized spacial score (nSPS) is 15.1. The molecule has 0 unspecified atom stereocenters. The van der Waals surface area contributed by atoms with Gasteiger partial charge < -0.3 is 20.9 Å². The molecule has 0 aliphatic carbocycles. The van der Waals surface area contributed by atoms with Crippen molar-refractivity contribution in [1.82, 2.24) is 16.0 Å². The van der Waals surface area contributed by atoms with Crippen LogP contribution in [0.4, 0.5) is 9.39 Å². The van der Waals surface area contributed by atoms with E-state index >= 15 is 0 Å². The van der Waals surface area contributed by atoms with E-state index in [1.54, 1.807) is 23.5 Å². The van der Waals surface area contributed by atoms with Crippen LogP contribution in [0.3, 0.4) is 0 Å². The van der Waals surface area contributed by atoms with E-state index in [1.165, 1.54) is 17.1 Å².